The highest BCUT2D eigenvalue weighted by molar-refractivity contribution is 5.90. The van der Waals surface area contributed by atoms with Crippen molar-refractivity contribution in [2.45, 2.75) is 192 Å². The van der Waals surface area contributed by atoms with Crippen molar-refractivity contribution in [1.29, 1.82) is 0 Å². The maximum Gasteiger partial charge on any atom is 0.338 e. The standard InChI is InChI=1S/C48H72O4/c1-3-5-7-9-12-16-37-20-24-39(25-21-37)41-28-32-44(33-29-41)47(49)51-36-46(43-18-14-11-15-19-43)52-48(50)45-34-30-42(31-35-45)40-26-22-38(23-27-40)17-13-10-8-6-4-2/h28-35,37-40,43,46H,3-27,36H2,1-2H3. The van der Waals surface area contributed by atoms with E-state index < -0.39 is 6.10 Å². The highest BCUT2D eigenvalue weighted by Gasteiger charge is 2.30. The first kappa shape index (κ1) is 40.6. The number of benzene rings is 2. The molecule has 0 spiro atoms. The van der Waals surface area contributed by atoms with E-state index in [1.165, 1.54) is 146 Å². The Balaban J connectivity index is 1.07. The fourth-order valence-electron chi connectivity index (χ4n) is 9.64. The maximum absolute atomic E-state index is 13.4. The third-order valence-corrected chi connectivity index (χ3v) is 13.2. The summed E-state index contributed by atoms with van der Waals surface area (Å²) in [6.07, 6.45) is 31.9. The number of hydrogen-bond acceptors (Lipinski definition) is 4. The fourth-order valence-corrected chi connectivity index (χ4v) is 9.64. The van der Waals surface area contributed by atoms with Crippen molar-refractivity contribution in [2.24, 2.45) is 17.8 Å². The highest BCUT2D eigenvalue weighted by atomic mass is 16.6. The van der Waals surface area contributed by atoms with Crippen LogP contribution in [-0.2, 0) is 9.47 Å². The van der Waals surface area contributed by atoms with Gasteiger partial charge in [0.1, 0.15) is 12.7 Å². The van der Waals surface area contributed by atoms with Crippen LogP contribution in [0.5, 0.6) is 0 Å². The summed E-state index contributed by atoms with van der Waals surface area (Å²) in [5, 5.41) is 0. The van der Waals surface area contributed by atoms with Crippen molar-refractivity contribution >= 4 is 11.9 Å². The molecule has 0 amide bonds. The molecule has 3 saturated carbocycles. The van der Waals surface area contributed by atoms with Gasteiger partial charge in [0.15, 0.2) is 0 Å². The third-order valence-electron chi connectivity index (χ3n) is 13.2. The number of ether oxygens (including phenoxy) is 2. The normalized spacial score (nSPS) is 23.2. The summed E-state index contributed by atoms with van der Waals surface area (Å²) in [7, 11) is 0. The Kier molecular flexibility index (Phi) is 17.6. The van der Waals surface area contributed by atoms with Gasteiger partial charge in [-0.05, 0) is 129 Å². The molecule has 0 aliphatic heterocycles. The lowest BCUT2D eigenvalue weighted by Gasteiger charge is -2.30. The topological polar surface area (TPSA) is 52.6 Å². The Morgan fingerprint density at radius 2 is 0.981 bits per heavy atom. The summed E-state index contributed by atoms with van der Waals surface area (Å²) in [5.74, 6) is 2.56. The molecule has 1 unspecified atom stereocenters. The average Bonchev–Trinajstić information content (AvgIpc) is 3.20. The van der Waals surface area contributed by atoms with E-state index >= 15 is 0 Å². The summed E-state index contributed by atoms with van der Waals surface area (Å²) in [6, 6.07) is 16.3. The van der Waals surface area contributed by atoms with Crippen LogP contribution >= 0.6 is 0 Å². The van der Waals surface area contributed by atoms with Gasteiger partial charge in [0.25, 0.3) is 0 Å². The smallest absolute Gasteiger partial charge is 0.338 e. The minimum absolute atomic E-state index is 0.110. The molecule has 52 heavy (non-hydrogen) atoms. The summed E-state index contributed by atoms with van der Waals surface area (Å²) in [4.78, 5) is 26.7. The van der Waals surface area contributed by atoms with Gasteiger partial charge in [-0.3, -0.25) is 0 Å². The maximum atomic E-state index is 13.4. The molecule has 0 radical (unpaired) electrons. The molecule has 0 saturated heterocycles. The van der Waals surface area contributed by atoms with E-state index in [0.29, 0.717) is 23.0 Å². The number of unbranched alkanes of at least 4 members (excludes halogenated alkanes) is 8. The first-order valence-electron chi connectivity index (χ1n) is 22.1. The zero-order chi connectivity index (χ0) is 36.4. The second kappa shape index (κ2) is 22.6. The summed E-state index contributed by atoms with van der Waals surface area (Å²) < 4.78 is 12.0. The van der Waals surface area contributed by atoms with E-state index in [1.807, 2.05) is 24.3 Å². The van der Waals surface area contributed by atoms with Gasteiger partial charge in [-0.2, -0.15) is 0 Å². The van der Waals surface area contributed by atoms with Crippen LogP contribution in [0.2, 0.25) is 0 Å². The lowest BCUT2D eigenvalue weighted by atomic mass is 9.77. The fraction of sp³-hybridized carbons (Fsp3) is 0.708. The van der Waals surface area contributed by atoms with Crippen molar-refractivity contribution < 1.29 is 19.1 Å². The molecule has 3 aliphatic carbocycles. The number of esters is 2. The minimum Gasteiger partial charge on any atom is -0.458 e. The van der Waals surface area contributed by atoms with Gasteiger partial charge in [0.05, 0.1) is 11.1 Å². The van der Waals surface area contributed by atoms with Gasteiger partial charge < -0.3 is 9.47 Å². The number of carbonyl (C=O) groups is 2. The molecular weight excluding hydrogens is 641 g/mol. The first-order valence-corrected chi connectivity index (χ1v) is 22.1. The lowest BCUT2D eigenvalue weighted by molar-refractivity contribution is -0.0247. The molecule has 4 heteroatoms. The molecule has 3 fully saturated rings. The van der Waals surface area contributed by atoms with Crippen molar-refractivity contribution in [2.75, 3.05) is 6.61 Å². The van der Waals surface area contributed by atoms with Crippen LogP contribution in [0.15, 0.2) is 48.5 Å². The van der Waals surface area contributed by atoms with Crippen molar-refractivity contribution in [3.63, 3.8) is 0 Å². The van der Waals surface area contributed by atoms with E-state index in [4.69, 9.17) is 9.47 Å². The Labute approximate surface area is 317 Å². The van der Waals surface area contributed by atoms with E-state index in [9.17, 15) is 9.59 Å². The number of carbonyl (C=O) groups excluding carboxylic acids is 2. The molecule has 2 aromatic carbocycles. The second-order valence-electron chi connectivity index (χ2n) is 17.0. The van der Waals surface area contributed by atoms with E-state index in [-0.39, 0.29) is 24.5 Å². The summed E-state index contributed by atoms with van der Waals surface area (Å²) >= 11 is 0. The SMILES string of the molecule is CCCCCCCC1CCC(c2ccc(C(=O)OCC(OC(=O)c3ccc(C4CCC(CCCCCCC)CC4)cc3)C3CCCCC3)cc2)CC1. The van der Waals surface area contributed by atoms with Crippen LogP contribution < -0.4 is 0 Å². The van der Waals surface area contributed by atoms with Crippen LogP contribution in [0.4, 0.5) is 0 Å². The van der Waals surface area contributed by atoms with Gasteiger partial charge in [-0.25, -0.2) is 9.59 Å². The quantitative estimate of drug-likeness (QED) is 0.101. The minimum atomic E-state index is -0.422. The van der Waals surface area contributed by atoms with Crippen LogP contribution in [0.3, 0.4) is 0 Å². The molecule has 1 atom stereocenters. The Bertz CT molecular complexity index is 1280. The Morgan fingerprint density at radius 3 is 1.44 bits per heavy atom. The average molecular weight is 713 g/mol. The van der Waals surface area contributed by atoms with Crippen molar-refractivity contribution in [1.82, 2.24) is 0 Å². The first-order chi connectivity index (χ1) is 25.5. The van der Waals surface area contributed by atoms with Gasteiger partial charge in [0, 0.05) is 0 Å². The van der Waals surface area contributed by atoms with Crippen LogP contribution in [0.25, 0.3) is 0 Å². The third kappa shape index (κ3) is 13.0. The largest absolute Gasteiger partial charge is 0.458 e. The number of hydrogen-bond donors (Lipinski definition) is 0. The number of rotatable bonds is 20. The van der Waals surface area contributed by atoms with E-state index in [2.05, 4.69) is 38.1 Å². The van der Waals surface area contributed by atoms with Crippen molar-refractivity contribution in [3.05, 3.63) is 70.8 Å². The van der Waals surface area contributed by atoms with Gasteiger partial charge in [-0.1, -0.05) is 134 Å². The predicted molar refractivity (Wildman–Crippen MR) is 215 cm³/mol. The van der Waals surface area contributed by atoms with Crippen LogP contribution in [0.1, 0.15) is 218 Å². The van der Waals surface area contributed by atoms with Crippen molar-refractivity contribution in [3.8, 4) is 0 Å². The molecule has 4 nitrogen and oxygen atoms in total. The van der Waals surface area contributed by atoms with Gasteiger partial charge in [-0.15, -0.1) is 0 Å². The molecule has 2 aromatic rings. The molecule has 0 N–H and O–H groups in total. The van der Waals surface area contributed by atoms with Crippen LogP contribution in [-0.4, -0.2) is 24.6 Å². The second-order valence-corrected chi connectivity index (χ2v) is 17.0. The predicted octanol–water partition coefficient (Wildman–Crippen LogP) is 13.9. The van der Waals surface area contributed by atoms with Gasteiger partial charge >= 0.3 is 11.9 Å². The molecule has 0 bridgehead atoms. The zero-order valence-corrected chi connectivity index (χ0v) is 33.1. The van der Waals surface area contributed by atoms with E-state index in [1.54, 1.807) is 0 Å². The summed E-state index contributed by atoms with van der Waals surface area (Å²) in [5.41, 5.74) is 3.87. The highest BCUT2D eigenvalue weighted by Crippen LogP contribution is 2.39. The zero-order valence-electron chi connectivity index (χ0n) is 33.1. The monoisotopic (exact) mass is 713 g/mol. The van der Waals surface area contributed by atoms with E-state index in [0.717, 1.165) is 37.5 Å². The lowest BCUT2D eigenvalue weighted by Crippen LogP contribution is -2.33. The Morgan fingerprint density at radius 1 is 0.538 bits per heavy atom. The Hall–Kier alpha value is -2.62. The summed E-state index contributed by atoms with van der Waals surface area (Å²) in [6.45, 7) is 4.68. The molecule has 0 heterocycles. The van der Waals surface area contributed by atoms with Crippen LogP contribution in [0, 0.1) is 17.8 Å². The molecular formula is C48H72O4. The van der Waals surface area contributed by atoms with Gasteiger partial charge in [0.2, 0.25) is 0 Å². The molecule has 288 valence electrons. The molecule has 5 rings (SSSR count). The molecule has 3 aliphatic rings. The molecule has 0 aromatic heterocycles.